The summed E-state index contributed by atoms with van der Waals surface area (Å²) in [4.78, 5) is 22.9. The van der Waals surface area contributed by atoms with Gasteiger partial charge in [-0.1, -0.05) is 20.3 Å². The van der Waals surface area contributed by atoms with E-state index in [9.17, 15) is 9.59 Å². The molecule has 0 rings (SSSR count). The summed E-state index contributed by atoms with van der Waals surface area (Å²) in [7, 11) is 0. The molecule has 4 nitrogen and oxygen atoms in total. The minimum Gasteiger partial charge on any atom is -0.464 e. The number of esters is 1. The van der Waals surface area contributed by atoms with E-state index in [0.717, 1.165) is 6.42 Å². The molecule has 1 amide bonds. The maximum atomic E-state index is 11.8. The molecule has 0 aromatic heterocycles. The van der Waals surface area contributed by atoms with Crippen LogP contribution in [0.4, 0.5) is 0 Å². The van der Waals surface area contributed by atoms with Crippen LogP contribution in [-0.2, 0) is 14.3 Å². The molecule has 0 bridgehead atoms. The van der Waals surface area contributed by atoms with E-state index in [1.54, 1.807) is 6.92 Å². The highest BCUT2D eigenvalue weighted by Gasteiger charge is 2.37. The van der Waals surface area contributed by atoms with Crippen LogP contribution in [0, 0.1) is 0 Å². The van der Waals surface area contributed by atoms with Gasteiger partial charge in [0.1, 0.15) is 5.54 Å². The fourth-order valence-corrected chi connectivity index (χ4v) is 1.66. The van der Waals surface area contributed by atoms with Crippen molar-refractivity contribution >= 4 is 11.9 Å². The van der Waals surface area contributed by atoms with Crippen LogP contribution in [0.2, 0.25) is 0 Å². The van der Waals surface area contributed by atoms with Gasteiger partial charge in [-0.3, -0.25) is 4.79 Å². The Kier molecular flexibility index (Phi) is 5.97. The first-order valence-corrected chi connectivity index (χ1v) is 5.48. The third kappa shape index (κ3) is 3.90. The Morgan fingerprint density at radius 2 is 1.87 bits per heavy atom. The third-order valence-electron chi connectivity index (χ3n) is 2.36. The Hall–Kier alpha value is -1.06. The quantitative estimate of drug-likeness (QED) is 0.685. The Labute approximate surface area is 91.4 Å². The van der Waals surface area contributed by atoms with Gasteiger partial charge in [0.2, 0.25) is 5.91 Å². The molecule has 0 saturated carbocycles. The predicted octanol–water partition coefficient (Wildman–Crippen LogP) is 1.63. The van der Waals surface area contributed by atoms with Gasteiger partial charge < -0.3 is 10.1 Å². The van der Waals surface area contributed by atoms with Crippen molar-refractivity contribution in [2.24, 2.45) is 0 Å². The summed E-state index contributed by atoms with van der Waals surface area (Å²) in [6.45, 7) is 7.37. The summed E-state index contributed by atoms with van der Waals surface area (Å²) in [5.74, 6) is -0.525. The number of hydrogen-bond donors (Lipinski definition) is 1. The molecule has 0 spiro atoms. The monoisotopic (exact) mass is 215 g/mol. The summed E-state index contributed by atoms with van der Waals surface area (Å²) in [5, 5.41) is 2.72. The van der Waals surface area contributed by atoms with Gasteiger partial charge in [0.25, 0.3) is 0 Å². The number of nitrogens with one attached hydrogen (secondary N) is 1. The lowest BCUT2D eigenvalue weighted by Crippen LogP contribution is -2.54. The van der Waals surface area contributed by atoms with Gasteiger partial charge in [0, 0.05) is 6.92 Å². The first-order chi connectivity index (χ1) is 7.02. The number of rotatable bonds is 6. The molecule has 0 radical (unpaired) electrons. The van der Waals surface area contributed by atoms with E-state index in [2.05, 4.69) is 5.32 Å². The van der Waals surface area contributed by atoms with Crippen molar-refractivity contribution in [1.82, 2.24) is 5.32 Å². The second-order valence-corrected chi connectivity index (χ2v) is 3.59. The lowest BCUT2D eigenvalue weighted by molar-refractivity contribution is -0.153. The van der Waals surface area contributed by atoms with Gasteiger partial charge in [-0.25, -0.2) is 4.79 Å². The van der Waals surface area contributed by atoms with E-state index in [0.29, 0.717) is 19.4 Å². The molecular formula is C11H21NO3. The van der Waals surface area contributed by atoms with Gasteiger partial charge in [-0.05, 0) is 19.8 Å². The van der Waals surface area contributed by atoms with Gasteiger partial charge in [0.05, 0.1) is 6.61 Å². The van der Waals surface area contributed by atoms with E-state index in [4.69, 9.17) is 4.74 Å². The van der Waals surface area contributed by atoms with E-state index in [1.165, 1.54) is 6.92 Å². The smallest absolute Gasteiger partial charge is 0.331 e. The highest BCUT2D eigenvalue weighted by atomic mass is 16.5. The molecule has 0 unspecified atom stereocenters. The number of amides is 1. The average molecular weight is 215 g/mol. The average Bonchev–Trinajstić information content (AvgIpc) is 2.16. The highest BCUT2D eigenvalue weighted by molar-refractivity contribution is 5.87. The maximum Gasteiger partial charge on any atom is 0.331 e. The fraction of sp³-hybridized carbons (Fsp3) is 0.818. The summed E-state index contributed by atoms with van der Waals surface area (Å²) in [6.07, 6.45) is 1.99. The van der Waals surface area contributed by atoms with Crippen LogP contribution in [0.1, 0.15) is 47.0 Å². The largest absolute Gasteiger partial charge is 0.464 e. The Morgan fingerprint density at radius 1 is 1.27 bits per heavy atom. The van der Waals surface area contributed by atoms with Crippen LogP contribution in [0.25, 0.3) is 0 Å². The van der Waals surface area contributed by atoms with Gasteiger partial charge in [-0.15, -0.1) is 0 Å². The first kappa shape index (κ1) is 13.9. The van der Waals surface area contributed by atoms with E-state index in [-0.39, 0.29) is 11.9 Å². The van der Waals surface area contributed by atoms with Gasteiger partial charge in [0.15, 0.2) is 0 Å². The second kappa shape index (κ2) is 6.43. The van der Waals surface area contributed by atoms with Crippen molar-refractivity contribution in [2.45, 2.75) is 52.5 Å². The SMILES string of the molecule is CCC[C@@](CC)(NC(C)=O)C(=O)OCC. The Bertz CT molecular complexity index is 228. The third-order valence-corrected chi connectivity index (χ3v) is 2.36. The first-order valence-electron chi connectivity index (χ1n) is 5.48. The molecule has 0 aromatic carbocycles. The predicted molar refractivity (Wildman–Crippen MR) is 58.4 cm³/mol. The normalized spacial score (nSPS) is 14.1. The summed E-state index contributed by atoms with van der Waals surface area (Å²) in [6, 6.07) is 0. The zero-order chi connectivity index (χ0) is 11.9. The fourth-order valence-electron chi connectivity index (χ4n) is 1.66. The van der Waals surface area contributed by atoms with Crippen molar-refractivity contribution in [2.75, 3.05) is 6.61 Å². The van der Waals surface area contributed by atoms with Gasteiger partial charge >= 0.3 is 5.97 Å². The molecule has 0 saturated heterocycles. The lowest BCUT2D eigenvalue weighted by atomic mass is 9.90. The van der Waals surface area contributed by atoms with Crippen molar-refractivity contribution in [3.8, 4) is 0 Å². The summed E-state index contributed by atoms with van der Waals surface area (Å²) < 4.78 is 5.00. The molecular weight excluding hydrogens is 194 g/mol. The zero-order valence-corrected chi connectivity index (χ0v) is 10.1. The molecule has 15 heavy (non-hydrogen) atoms. The maximum absolute atomic E-state index is 11.8. The van der Waals surface area contributed by atoms with Crippen molar-refractivity contribution in [3.05, 3.63) is 0 Å². The lowest BCUT2D eigenvalue weighted by Gasteiger charge is -2.30. The molecule has 0 fully saturated rings. The van der Waals surface area contributed by atoms with Crippen LogP contribution in [0.3, 0.4) is 0 Å². The van der Waals surface area contributed by atoms with E-state index >= 15 is 0 Å². The number of hydrogen-bond acceptors (Lipinski definition) is 3. The minimum atomic E-state index is -0.837. The molecule has 0 aliphatic carbocycles. The summed E-state index contributed by atoms with van der Waals surface area (Å²) in [5.41, 5.74) is -0.837. The van der Waals surface area contributed by atoms with Crippen molar-refractivity contribution < 1.29 is 14.3 Å². The Balaban J connectivity index is 4.77. The molecule has 88 valence electrons. The molecule has 1 atom stereocenters. The molecule has 1 N–H and O–H groups in total. The minimum absolute atomic E-state index is 0.196. The van der Waals surface area contributed by atoms with Crippen molar-refractivity contribution in [1.29, 1.82) is 0 Å². The second-order valence-electron chi connectivity index (χ2n) is 3.59. The van der Waals surface area contributed by atoms with Gasteiger partial charge in [-0.2, -0.15) is 0 Å². The Morgan fingerprint density at radius 3 is 2.20 bits per heavy atom. The number of carbonyl (C=O) groups excluding carboxylic acids is 2. The van der Waals surface area contributed by atoms with Crippen molar-refractivity contribution in [3.63, 3.8) is 0 Å². The molecule has 0 aromatic rings. The van der Waals surface area contributed by atoms with Crippen LogP contribution in [-0.4, -0.2) is 24.0 Å². The highest BCUT2D eigenvalue weighted by Crippen LogP contribution is 2.19. The number of carbonyl (C=O) groups is 2. The molecule has 0 aliphatic heterocycles. The van der Waals surface area contributed by atoms with Crippen LogP contribution >= 0.6 is 0 Å². The summed E-state index contributed by atoms with van der Waals surface area (Å²) >= 11 is 0. The molecule has 4 heteroatoms. The van der Waals surface area contributed by atoms with Crippen LogP contribution < -0.4 is 5.32 Å². The van der Waals surface area contributed by atoms with E-state index in [1.807, 2.05) is 13.8 Å². The van der Waals surface area contributed by atoms with E-state index < -0.39 is 5.54 Å². The molecule has 0 heterocycles. The van der Waals surface area contributed by atoms with Crippen LogP contribution in [0.15, 0.2) is 0 Å². The standard InChI is InChI=1S/C11H21NO3/c1-5-8-11(6-2,12-9(4)13)10(14)15-7-3/h5-8H2,1-4H3,(H,12,13)/t11-/m1/s1. The topological polar surface area (TPSA) is 55.4 Å². The van der Waals surface area contributed by atoms with Crippen LogP contribution in [0.5, 0.6) is 0 Å². The molecule has 0 aliphatic rings. The zero-order valence-electron chi connectivity index (χ0n) is 10.1. The number of ether oxygens (including phenoxy) is 1.